The third-order valence-electron chi connectivity index (χ3n) is 3.33. The van der Waals surface area contributed by atoms with E-state index in [1.807, 2.05) is 25.1 Å². The molecule has 0 saturated heterocycles. The normalized spacial score (nSPS) is 10.4. The molecule has 1 amide bonds. The minimum atomic E-state index is -0.171. The van der Waals surface area contributed by atoms with Crippen molar-refractivity contribution in [2.24, 2.45) is 0 Å². The van der Waals surface area contributed by atoms with E-state index in [2.05, 4.69) is 40.5 Å². The van der Waals surface area contributed by atoms with Crippen molar-refractivity contribution in [3.05, 3.63) is 46.9 Å². The molecule has 0 unspecified atom stereocenters. The topological polar surface area (TPSA) is 118 Å². The van der Waals surface area contributed by atoms with Crippen molar-refractivity contribution in [3.8, 4) is 0 Å². The Bertz CT molecular complexity index is 883. The van der Waals surface area contributed by atoms with Crippen LogP contribution in [0.4, 0.5) is 17.5 Å². The molecule has 0 saturated carbocycles. The van der Waals surface area contributed by atoms with Crippen molar-refractivity contribution in [1.29, 1.82) is 0 Å². The summed E-state index contributed by atoms with van der Waals surface area (Å²) in [6.45, 7) is 4.55. The van der Waals surface area contributed by atoms with E-state index in [0.29, 0.717) is 46.9 Å². The summed E-state index contributed by atoms with van der Waals surface area (Å²) in [4.78, 5) is 25.4. The number of rotatable bonds is 7. The van der Waals surface area contributed by atoms with Gasteiger partial charge in [-0.15, -0.1) is 5.10 Å². The Balaban J connectivity index is 1.53. The van der Waals surface area contributed by atoms with Crippen LogP contribution in [0, 0.1) is 13.8 Å². The predicted octanol–water partition coefficient (Wildman–Crippen LogP) is 1.93. The first kappa shape index (κ1) is 17.7. The fourth-order valence-corrected chi connectivity index (χ4v) is 2.75. The second-order valence-electron chi connectivity index (χ2n) is 5.40. The molecule has 3 heterocycles. The molecule has 0 fully saturated rings. The third kappa shape index (κ3) is 4.70. The molecule has 0 radical (unpaired) electrons. The molecule has 0 aromatic carbocycles. The van der Waals surface area contributed by atoms with E-state index in [1.165, 1.54) is 0 Å². The van der Waals surface area contributed by atoms with E-state index in [4.69, 9.17) is 0 Å². The number of pyridine rings is 1. The highest BCUT2D eigenvalue weighted by molar-refractivity contribution is 7.07. The molecular weight excluding hydrogens is 352 g/mol. The molecule has 0 bridgehead atoms. The monoisotopic (exact) mass is 370 g/mol. The van der Waals surface area contributed by atoms with Gasteiger partial charge in [-0.3, -0.25) is 4.79 Å². The first-order valence-electron chi connectivity index (χ1n) is 7.96. The summed E-state index contributed by atoms with van der Waals surface area (Å²) in [5.74, 6) is 2.48. The molecule has 3 aromatic heterocycles. The number of carbonyl (C=O) groups excluding carboxylic acids is 1. The van der Waals surface area contributed by atoms with Gasteiger partial charge in [0.2, 0.25) is 0 Å². The van der Waals surface area contributed by atoms with Crippen LogP contribution in [0.15, 0.2) is 30.5 Å². The smallest absolute Gasteiger partial charge is 0.265 e. The van der Waals surface area contributed by atoms with Crippen molar-refractivity contribution < 1.29 is 4.79 Å². The number of carbonyl (C=O) groups is 1. The maximum absolute atomic E-state index is 12.0. The molecule has 134 valence electrons. The molecule has 3 rings (SSSR count). The first-order valence-corrected chi connectivity index (χ1v) is 8.74. The van der Waals surface area contributed by atoms with Gasteiger partial charge < -0.3 is 16.0 Å². The van der Waals surface area contributed by atoms with Crippen LogP contribution in [0.3, 0.4) is 0 Å². The molecule has 0 aliphatic carbocycles. The van der Waals surface area contributed by atoms with E-state index in [9.17, 15) is 4.79 Å². The molecule has 10 heteroatoms. The van der Waals surface area contributed by atoms with Crippen LogP contribution >= 0.6 is 11.5 Å². The Hall–Kier alpha value is -3.14. The second kappa shape index (κ2) is 8.30. The highest BCUT2D eigenvalue weighted by Crippen LogP contribution is 2.15. The molecule has 0 atom stereocenters. The third-order valence-corrected chi connectivity index (χ3v) is 4.16. The second-order valence-corrected chi connectivity index (χ2v) is 6.15. The fraction of sp³-hybridized carbons (Fsp3) is 0.250. The number of nitrogens with one attached hydrogen (secondary N) is 3. The van der Waals surface area contributed by atoms with Crippen LogP contribution in [0.1, 0.15) is 21.2 Å². The molecule has 26 heavy (non-hydrogen) atoms. The number of amides is 1. The van der Waals surface area contributed by atoms with E-state index in [1.54, 1.807) is 19.2 Å². The van der Waals surface area contributed by atoms with Crippen molar-refractivity contribution in [3.63, 3.8) is 0 Å². The number of nitrogens with zero attached hydrogens (tertiary/aromatic N) is 5. The predicted molar refractivity (Wildman–Crippen MR) is 99.8 cm³/mol. The van der Waals surface area contributed by atoms with Gasteiger partial charge in [-0.1, -0.05) is 10.6 Å². The Morgan fingerprint density at radius 2 is 1.96 bits per heavy atom. The fourth-order valence-electron chi connectivity index (χ4n) is 2.18. The van der Waals surface area contributed by atoms with Crippen molar-refractivity contribution in [1.82, 2.24) is 29.9 Å². The largest absolute Gasteiger partial charge is 0.368 e. The summed E-state index contributed by atoms with van der Waals surface area (Å²) in [6.07, 6.45) is 1.71. The minimum Gasteiger partial charge on any atom is -0.368 e. The van der Waals surface area contributed by atoms with Crippen molar-refractivity contribution in [2.75, 3.05) is 23.7 Å². The molecule has 0 aliphatic heterocycles. The number of anilines is 3. The standard InChI is InChI=1S/C16H18N8OS/c1-10-15(26-24-23-10)16(25)19-8-7-18-13-9-14(21-11(2)20-13)22-12-5-3-4-6-17-12/h3-6,9H,7-8H2,1-2H3,(H,19,25)(H2,17,18,20,21,22). The Kier molecular flexibility index (Phi) is 5.64. The molecule has 3 N–H and O–H groups in total. The van der Waals surface area contributed by atoms with Gasteiger partial charge >= 0.3 is 0 Å². The SMILES string of the molecule is Cc1nc(NCCNC(=O)c2snnc2C)cc(Nc2ccccn2)n1. The molecule has 9 nitrogen and oxygen atoms in total. The van der Waals surface area contributed by atoms with Gasteiger partial charge in [-0.2, -0.15) is 0 Å². The van der Waals surface area contributed by atoms with Gasteiger partial charge in [-0.05, 0) is 37.5 Å². The lowest BCUT2D eigenvalue weighted by Gasteiger charge is -2.10. The van der Waals surface area contributed by atoms with Gasteiger partial charge in [0.15, 0.2) is 0 Å². The lowest BCUT2D eigenvalue weighted by molar-refractivity contribution is 0.0958. The number of aromatic nitrogens is 5. The quantitative estimate of drug-likeness (QED) is 0.540. The summed E-state index contributed by atoms with van der Waals surface area (Å²) in [7, 11) is 0. The lowest BCUT2D eigenvalue weighted by Crippen LogP contribution is -2.28. The summed E-state index contributed by atoms with van der Waals surface area (Å²) >= 11 is 1.09. The zero-order valence-electron chi connectivity index (χ0n) is 14.4. The van der Waals surface area contributed by atoms with Crippen molar-refractivity contribution >= 4 is 34.9 Å². The summed E-state index contributed by atoms with van der Waals surface area (Å²) in [5.41, 5.74) is 0.636. The van der Waals surface area contributed by atoms with Crippen LogP contribution in [-0.4, -0.2) is 43.5 Å². The van der Waals surface area contributed by atoms with E-state index in [0.717, 1.165) is 11.5 Å². The number of aryl methyl sites for hydroxylation is 2. The Labute approximate surface area is 154 Å². The van der Waals surface area contributed by atoms with Crippen LogP contribution < -0.4 is 16.0 Å². The van der Waals surface area contributed by atoms with Crippen LogP contribution in [0.25, 0.3) is 0 Å². The zero-order valence-corrected chi connectivity index (χ0v) is 15.2. The number of hydrogen-bond acceptors (Lipinski definition) is 9. The molecular formula is C16H18N8OS. The maximum atomic E-state index is 12.0. The van der Waals surface area contributed by atoms with Crippen LogP contribution in [0.5, 0.6) is 0 Å². The maximum Gasteiger partial charge on any atom is 0.265 e. The Morgan fingerprint density at radius 3 is 2.69 bits per heavy atom. The van der Waals surface area contributed by atoms with Gasteiger partial charge in [0.1, 0.15) is 28.2 Å². The van der Waals surface area contributed by atoms with Gasteiger partial charge in [0.05, 0.1) is 5.69 Å². The summed E-state index contributed by atoms with van der Waals surface area (Å²) in [6, 6.07) is 7.39. The molecule has 3 aromatic rings. The highest BCUT2D eigenvalue weighted by atomic mass is 32.1. The van der Waals surface area contributed by atoms with Gasteiger partial charge in [-0.25, -0.2) is 15.0 Å². The van der Waals surface area contributed by atoms with Gasteiger partial charge in [0, 0.05) is 25.4 Å². The highest BCUT2D eigenvalue weighted by Gasteiger charge is 2.12. The van der Waals surface area contributed by atoms with Gasteiger partial charge in [0.25, 0.3) is 5.91 Å². The molecule has 0 spiro atoms. The Morgan fingerprint density at radius 1 is 1.12 bits per heavy atom. The zero-order chi connectivity index (χ0) is 18.4. The average molecular weight is 370 g/mol. The summed E-state index contributed by atoms with van der Waals surface area (Å²) in [5, 5.41) is 13.0. The molecule has 0 aliphatic rings. The van der Waals surface area contributed by atoms with E-state index < -0.39 is 0 Å². The number of hydrogen-bond donors (Lipinski definition) is 3. The summed E-state index contributed by atoms with van der Waals surface area (Å²) < 4.78 is 3.76. The lowest BCUT2D eigenvalue weighted by atomic mass is 10.4. The van der Waals surface area contributed by atoms with Crippen LogP contribution in [0.2, 0.25) is 0 Å². The minimum absolute atomic E-state index is 0.171. The van der Waals surface area contributed by atoms with E-state index >= 15 is 0 Å². The van der Waals surface area contributed by atoms with Crippen LogP contribution in [-0.2, 0) is 0 Å². The first-order chi connectivity index (χ1) is 12.6. The van der Waals surface area contributed by atoms with Crippen molar-refractivity contribution in [2.45, 2.75) is 13.8 Å². The average Bonchev–Trinajstić information content (AvgIpc) is 3.05. The van der Waals surface area contributed by atoms with E-state index in [-0.39, 0.29) is 5.91 Å².